The minimum Gasteiger partial charge on any atom is -0.493 e. The molecule has 0 aromatic heterocycles. The first-order valence-electron chi connectivity index (χ1n) is 6.07. The highest BCUT2D eigenvalue weighted by Crippen LogP contribution is 2.26. The molecule has 1 aromatic carbocycles. The summed E-state index contributed by atoms with van der Waals surface area (Å²) in [7, 11) is 0. The van der Waals surface area contributed by atoms with Gasteiger partial charge in [-0.2, -0.15) is 0 Å². The van der Waals surface area contributed by atoms with Crippen molar-refractivity contribution in [2.24, 2.45) is 0 Å². The van der Waals surface area contributed by atoms with E-state index >= 15 is 0 Å². The molecule has 3 rings (SSSR count). The molecule has 0 saturated heterocycles. The molecule has 16 heavy (non-hydrogen) atoms. The summed E-state index contributed by atoms with van der Waals surface area (Å²) in [5.41, 5.74) is 2.62. The molecule has 1 aliphatic carbocycles. The Morgan fingerprint density at radius 3 is 3.19 bits per heavy atom. The van der Waals surface area contributed by atoms with Crippen LogP contribution >= 0.6 is 0 Å². The normalized spacial score (nSPS) is 18.8. The van der Waals surface area contributed by atoms with Crippen molar-refractivity contribution in [1.82, 2.24) is 5.32 Å². The van der Waals surface area contributed by atoms with E-state index in [4.69, 9.17) is 4.74 Å². The number of benzene rings is 1. The first-order chi connectivity index (χ1) is 7.92. The largest absolute Gasteiger partial charge is 0.493 e. The Morgan fingerprint density at radius 2 is 2.31 bits per heavy atom. The van der Waals surface area contributed by atoms with Gasteiger partial charge in [0.2, 0.25) is 0 Å². The summed E-state index contributed by atoms with van der Waals surface area (Å²) in [6.45, 7) is 1.82. The fourth-order valence-corrected chi connectivity index (χ4v) is 2.03. The molecule has 1 heterocycles. The molecule has 0 spiro atoms. The van der Waals surface area contributed by atoms with Crippen LogP contribution in [0.5, 0.6) is 5.75 Å². The van der Waals surface area contributed by atoms with Crippen LogP contribution in [0.1, 0.15) is 24.0 Å². The zero-order chi connectivity index (χ0) is 10.8. The van der Waals surface area contributed by atoms with E-state index in [0.717, 1.165) is 31.4 Å². The number of hydrogen-bond acceptors (Lipinski definition) is 2. The van der Waals surface area contributed by atoms with E-state index in [0.29, 0.717) is 0 Å². The van der Waals surface area contributed by atoms with Gasteiger partial charge in [-0.1, -0.05) is 18.2 Å². The van der Waals surface area contributed by atoms with Gasteiger partial charge in [0.1, 0.15) is 5.75 Å². The summed E-state index contributed by atoms with van der Waals surface area (Å²) in [5.74, 6) is 1.06. The minimum atomic E-state index is 0.790. The molecular weight excluding hydrogens is 198 g/mol. The second kappa shape index (κ2) is 4.30. The van der Waals surface area contributed by atoms with Gasteiger partial charge in [-0.05, 0) is 36.1 Å². The van der Waals surface area contributed by atoms with Crippen molar-refractivity contribution in [1.29, 1.82) is 0 Å². The third kappa shape index (κ3) is 2.27. The molecular formula is C14H17NO. The fraction of sp³-hybridized carbons (Fsp3) is 0.429. The lowest BCUT2D eigenvalue weighted by atomic mass is 10.1. The number of rotatable bonds is 4. The van der Waals surface area contributed by atoms with Crippen LogP contribution in [0.2, 0.25) is 0 Å². The van der Waals surface area contributed by atoms with Crippen molar-refractivity contribution in [3.05, 3.63) is 35.4 Å². The van der Waals surface area contributed by atoms with Crippen molar-refractivity contribution in [2.75, 3.05) is 13.2 Å². The third-order valence-corrected chi connectivity index (χ3v) is 3.13. The molecule has 0 atom stereocenters. The van der Waals surface area contributed by atoms with Gasteiger partial charge in [0.25, 0.3) is 0 Å². The van der Waals surface area contributed by atoms with Crippen molar-refractivity contribution < 1.29 is 4.74 Å². The maximum atomic E-state index is 5.48. The first kappa shape index (κ1) is 9.91. The van der Waals surface area contributed by atoms with E-state index < -0.39 is 0 Å². The van der Waals surface area contributed by atoms with Gasteiger partial charge in [0, 0.05) is 19.0 Å². The minimum absolute atomic E-state index is 0.790. The molecule has 0 bridgehead atoms. The zero-order valence-electron chi connectivity index (χ0n) is 9.41. The molecule has 2 heteroatoms. The topological polar surface area (TPSA) is 21.3 Å². The van der Waals surface area contributed by atoms with Gasteiger partial charge >= 0.3 is 0 Å². The second-order valence-electron chi connectivity index (χ2n) is 4.55. The van der Waals surface area contributed by atoms with Crippen LogP contribution in [0.25, 0.3) is 6.08 Å². The predicted octanol–water partition coefficient (Wildman–Crippen LogP) is 2.39. The molecule has 1 saturated carbocycles. The predicted molar refractivity (Wildman–Crippen MR) is 65.7 cm³/mol. The number of hydrogen-bond donors (Lipinski definition) is 1. The summed E-state index contributed by atoms with van der Waals surface area (Å²) in [5, 5.41) is 3.47. The van der Waals surface area contributed by atoms with E-state index in [1.807, 2.05) is 0 Å². The highest BCUT2D eigenvalue weighted by Gasteiger charge is 2.18. The summed E-state index contributed by atoms with van der Waals surface area (Å²) in [4.78, 5) is 0. The quantitative estimate of drug-likeness (QED) is 0.832. The maximum Gasteiger partial charge on any atom is 0.122 e. The lowest BCUT2D eigenvalue weighted by molar-refractivity contribution is 0.357. The molecule has 1 fully saturated rings. The number of fused-ring (bicyclic) bond motifs is 1. The van der Waals surface area contributed by atoms with E-state index in [9.17, 15) is 0 Å². The first-order valence-corrected chi connectivity index (χ1v) is 6.07. The molecule has 2 aliphatic rings. The van der Waals surface area contributed by atoms with Crippen molar-refractivity contribution in [3.63, 3.8) is 0 Å². The van der Waals surface area contributed by atoms with Crippen LogP contribution < -0.4 is 10.1 Å². The average molecular weight is 215 g/mol. The Kier molecular flexibility index (Phi) is 2.66. The molecule has 0 radical (unpaired) electrons. The van der Waals surface area contributed by atoms with E-state index in [1.165, 1.54) is 24.0 Å². The number of nitrogens with one attached hydrogen (secondary N) is 1. The van der Waals surface area contributed by atoms with Crippen LogP contribution in [0, 0.1) is 0 Å². The Morgan fingerprint density at radius 1 is 1.38 bits per heavy atom. The number of ether oxygens (including phenoxy) is 1. The van der Waals surface area contributed by atoms with Gasteiger partial charge in [0.05, 0.1) is 6.61 Å². The van der Waals surface area contributed by atoms with Crippen LogP contribution in [0.3, 0.4) is 0 Å². The van der Waals surface area contributed by atoms with Crippen LogP contribution in [0.15, 0.2) is 24.3 Å². The Balaban J connectivity index is 1.60. The van der Waals surface area contributed by atoms with Gasteiger partial charge in [-0.25, -0.2) is 0 Å². The molecule has 1 aliphatic heterocycles. The van der Waals surface area contributed by atoms with E-state index in [2.05, 4.69) is 35.7 Å². The lowest BCUT2D eigenvalue weighted by Gasteiger charge is -2.00. The Bertz CT molecular complexity index is 407. The van der Waals surface area contributed by atoms with Gasteiger partial charge in [-0.15, -0.1) is 0 Å². The Labute approximate surface area is 96.3 Å². The monoisotopic (exact) mass is 215 g/mol. The average Bonchev–Trinajstić information content (AvgIpc) is 3.01. The summed E-state index contributed by atoms with van der Waals surface area (Å²) in [6.07, 6.45) is 8.15. The molecule has 1 N–H and O–H groups in total. The summed E-state index contributed by atoms with van der Waals surface area (Å²) >= 11 is 0. The van der Waals surface area contributed by atoms with Gasteiger partial charge in [0.15, 0.2) is 0 Å². The third-order valence-electron chi connectivity index (χ3n) is 3.13. The van der Waals surface area contributed by atoms with Crippen LogP contribution in [0.4, 0.5) is 0 Å². The second-order valence-corrected chi connectivity index (χ2v) is 4.55. The summed E-state index contributed by atoms with van der Waals surface area (Å²) in [6, 6.07) is 7.22. The fourth-order valence-electron chi connectivity index (χ4n) is 2.03. The van der Waals surface area contributed by atoms with Gasteiger partial charge < -0.3 is 10.1 Å². The smallest absolute Gasteiger partial charge is 0.122 e. The molecule has 0 unspecified atom stereocenters. The molecule has 0 amide bonds. The molecule has 84 valence electrons. The van der Waals surface area contributed by atoms with Crippen molar-refractivity contribution in [3.8, 4) is 5.75 Å². The highest BCUT2D eigenvalue weighted by atomic mass is 16.5. The van der Waals surface area contributed by atoms with Crippen molar-refractivity contribution >= 4 is 6.08 Å². The zero-order valence-corrected chi connectivity index (χ0v) is 9.41. The SMILES string of the molecule is C(=Cc1ccc2c(c1)CCO2)CNC1CC1. The van der Waals surface area contributed by atoms with E-state index in [-0.39, 0.29) is 0 Å². The molecule has 1 aromatic rings. The van der Waals surface area contributed by atoms with E-state index in [1.54, 1.807) is 0 Å². The Hall–Kier alpha value is -1.28. The van der Waals surface area contributed by atoms with Crippen LogP contribution in [-0.2, 0) is 6.42 Å². The standard InChI is InChI=1S/C14H17NO/c1(8-15-13-4-5-13)2-11-3-6-14-12(10-11)7-9-16-14/h1-3,6,10,13,15H,4-5,7-9H2. The maximum absolute atomic E-state index is 5.48. The molecule has 2 nitrogen and oxygen atoms in total. The van der Waals surface area contributed by atoms with Crippen LogP contribution in [-0.4, -0.2) is 19.2 Å². The highest BCUT2D eigenvalue weighted by molar-refractivity contribution is 5.54. The van der Waals surface area contributed by atoms with Gasteiger partial charge in [-0.3, -0.25) is 0 Å². The lowest BCUT2D eigenvalue weighted by Crippen LogP contribution is -2.15. The van der Waals surface area contributed by atoms with Crippen molar-refractivity contribution in [2.45, 2.75) is 25.3 Å². The summed E-state index contributed by atoms with van der Waals surface area (Å²) < 4.78 is 5.48.